The SMILES string of the molecule is Cc1cccc(OCCOc2ccc(/C=C(/C#N)C(=O)Nc3cc(C)on3)cc2Cl)c1. The van der Waals surface area contributed by atoms with Crippen molar-refractivity contribution in [2.75, 3.05) is 18.5 Å². The van der Waals surface area contributed by atoms with Crippen LogP contribution in [0.5, 0.6) is 11.5 Å². The Labute approximate surface area is 184 Å². The van der Waals surface area contributed by atoms with Crippen LogP contribution in [-0.2, 0) is 4.79 Å². The summed E-state index contributed by atoms with van der Waals surface area (Å²) in [5.41, 5.74) is 1.60. The summed E-state index contributed by atoms with van der Waals surface area (Å²) in [5.74, 6) is 1.44. The number of carbonyl (C=O) groups excluding carboxylic acids is 1. The normalized spacial score (nSPS) is 11.0. The van der Waals surface area contributed by atoms with Gasteiger partial charge in [0.25, 0.3) is 5.91 Å². The molecule has 0 bridgehead atoms. The molecule has 1 aromatic heterocycles. The molecule has 0 unspecified atom stereocenters. The van der Waals surface area contributed by atoms with Gasteiger partial charge in [-0.3, -0.25) is 4.79 Å². The van der Waals surface area contributed by atoms with E-state index in [1.54, 1.807) is 31.2 Å². The van der Waals surface area contributed by atoms with E-state index in [0.717, 1.165) is 11.3 Å². The number of aromatic nitrogens is 1. The number of nitriles is 1. The molecule has 158 valence electrons. The summed E-state index contributed by atoms with van der Waals surface area (Å²) in [4.78, 5) is 12.3. The molecule has 2 aromatic carbocycles. The molecule has 0 aliphatic carbocycles. The van der Waals surface area contributed by atoms with Crippen LogP contribution < -0.4 is 14.8 Å². The Morgan fingerprint density at radius 1 is 1.19 bits per heavy atom. The highest BCUT2D eigenvalue weighted by Crippen LogP contribution is 2.26. The Kier molecular flexibility index (Phi) is 7.31. The summed E-state index contributed by atoms with van der Waals surface area (Å²) in [6.45, 7) is 4.37. The van der Waals surface area contributed by atoms with E-state index in [4.69, 9.17) is 25.6 Å². The average Bonchev–Trinajstić information content (AvgIpc) is 3.15. The van der Waals surface area contributed by atoms with Crippen molar-refractivity contribution >= 4 is 29.4 Å². The van der Waals surface area contributed by atoms with Crippen LogP contribution in [0.3, 0.4) is 0 Å². The second-order valence-corrected chi connectivity index (χ2v) is 7.06. The Bertz CT molecular complexity index is 1150. The maximum Gasteiger partial charge on any atom is 0.267 e. The number of nitrogens with zero attached hydrogens (tertiary/aromatic N) is 2. The third-order valence-corrected chi connectivity index (χ3v) is 4.40. The molecule has 1 heterocycles. The van der Waals surface area contributed by atoms with E-state index >= 15 is 0 Å². The molecule has 8 heteroatoms. The summed E-state index contributed by atoms with van der Waals surface area (Å²) in [7, 11) is 0. The highest BCUT2D eigenvalue weighted by Gasteiger charge is 2.12. The number of nitrogens with one attached hydrogen (secondary N) is 1. The van der Waals surface area contributed by atoms with Crippen LogP contribution in [0.1, 0.15) is 16.9 Å². The van der Waals surface area contributed by atoms with Gasteiger partial charge in [0.2, 0.25) is 0 Å². The van der Waals surface area contributed by atoms with E-state index in [9.17, 15) is 10.1 Å². The van der Waals surface area contributed by atoms with Gasteiger partial charge in [-0.2, -0.15) is 5.26 Å². The molecule has 0 aliphatic heterocycles. The van der Waals surface area contributed by atoms with Crippen LogP contribution in [0.15, 0.2) is 58.6 Å². The molecule has 1 N–H and O–H groups in total. The minimum Gasteiger partial charge on any atom is -0.490 e. The second-order valence-electron chi connectivity index (χ2n) is 6.65. The van der Waals surface area contributed by atoms with Crippen LogP contribution in [0.4, 0.5) is 5.82 Å². The van der Waals surface area contributed by atoms with Crippen molar-refractivity contribution in [1.29, 1.82) is 5.26 Å². The first-order valence-electron chi connectivity index (χ1n) is 9.43. The minimum atomic E-state index is -0.597. The van der Waals surface area contributed by atoms with E-state index in [1.807, 2.05) is 37.3 Å². The third kappa shape index (κ3) is 6.36. The maximum absolute atomic E-state index is 12.3. The number of hydrogen-bond acceptors (Lipinski definition) is 6. The van der Waals surface area contributed by atoms with Gasteiger partial charge in [-0.05, 0) is 55.3 Å². The van der Waals surface area contributed by atoms with Crippen molar-refractivity contribution in [1.82, 2.24) is 5.16 Å². The van der Waals surface area contributed by atoms with Crippen molar-refractivity contribution in [3.8, 4) is 17.6 Å². The number of aryl methyl sites for hydroxylation is 2. The fourth-order valence-corrected chi connectivity index (χ4v) is 2.91. The lowest BCUT2D eigenvalue weighted by molar-refractivity contribution is -0.112. The first-order valence-corrected chi connectivity index (χ1v) is 9.80. The van der Waals surface area contributed by atoms with Crippen molar-refractivity contribution in [2.24, 2.45) is 0 Å². The van der Waals surface area contributed by atoms with Crippen LogP contribution in [-0.4, -0.2) is 24.3 Å². The second kappa shape index (κ2) is 10.3. The van der Waals surface area contributed by atoms with Gasteiger partial charge in [-0.25, -0.2) is 0 Å². The summed E-state index contributed by atoms with van der Waals surface area (Å²) < 4.78 is 16.2. The van der Waals surface area contributed by atoms with Crippen molar-refractivity contribution in [3.05, 3.63) is 76.0 Å². The number of benzene rings is 2. The van der Waals surface area contributed by atoms with Crippen LogP contribution in [0, 0.1) is 25.2 Å². The predicted octanol–water partition coefficient (Wildman–Crippen LogP) is 4.95. The number of halogens is 1. The van der Waals surface area contributed by atoms with Crippen molar-refractivity contribution < 1.29 is 18.8 Å². The molecule has 1 amide bonds. The average molecular weight is 438 g/mol. The highest BCUT2D eigenvalue weighted by molar-refractivity contribution is 6.32. The molecule has 0 atom stereocenters. The Balaban J connectivity index is 1.58. The third-order valence-electron chi connectivity index (χ3n) is 4.10. The number of amides is 1. The van der Waals surface area contributed by atoms with E-state index in [-0.39, 0.29) is 11.4 Å². The van der Waals surface area contributed by atoms with Crippen LogP contribution >= 0.6 is 11.6 Å². The van der Waals surface area contributed by atoms with E-state index in [2.05, 4.69) is 10.5 Å². The Hall–Kier alpha value is -3.76. The molecule has 0 radical (unpaired) electrons. The summed E-state index contributed by atoms with van der Waals surface area (Å²) in [6, 6.07) is 16.2. The molecule has 0 spiro atoms. The molecule has 3 aromatic rings. The highest BCUT2D eigenvalue weighted by atomic mass is 35.5. The topological polar surface area (TPSA) is 97.4 Å². The molecule has 31 heavy (non-hydrogen) atoms. The molecule has 0 saturated carbocycles. The lowest BCUT2D eigenvalue weighted by Crippen LogP contribution is -2.13. The zero-order valence-corrected chi connectivity index (χ0v) is 17.8. The maximum atomic E-state index is 12.3. The first kappa shape index (κ1) is 21.9. The summed E-state index contributed by atoms with van der Waals surface area (Å²) >= 11 is 6.28. The monoisotopic (exact) mass is 437 g/mol. The quantitative estimate of drug-likeness (QED) is 0.304. The number of rotatable bonds is 8. The lowest BCUT2D eigenvalue weighted by Gasteiger charge is -2.10. The number of ether oxygens (including phenoxy) is 2. The number of hydrogen-bond donors (Lipinski definition) is 1. The first-order chi connectivity index (χ1) is 14.9. The van der Waals surface area contributed by atoms with E-state index < -0.39 is 5.91 Å². The molecule has 0 aliphatic rings. The number of carbonyl (C=O) groups is 1. The molecular formula is C23H20ClN3O4. The van der Waals surface area contributed by atoms with Gasteiger partial charge < -0.3 is 19.3 Å². The van der Waals surface area contributed by atoms with Crippen LogP contribution in [0.2, 0.25) is 5.02 Å². The number of anilines is 1. The van der Waals surface area contributed by atoms with Gasteiger partial charge in [0.1, 0.15) is 42.1 Å². The van der Waals surface area contributed by atoms with Gasteiger partial charge in [-0.1, -0.05) is 35.0 Å². The molecule has 0 fully saturated rings. The standard InChI is InChI=1S/C23H20ClN3O4/c1-15-4-3-5-19(10-15)29-8-9-30-21-7-6-17(13-20(21)24)12-18(14-25)23(28)26-22-11-16(2)31-27-22/h3-7,10-13H,8-9H2,1-2H3,(H,26,27,28)/b18-12-. The summed E-state index contributed by atoms with van der Waals surface area (Å²) in [6.07, 6.45) is 1.43. The Morgan fingerprint density at radius 3 is 2.68 bits per heavy atom. The smallest absolute Gasteiger partial charge is 0.267 e. The zero-order valence-electron chi connectivity index (χ0n) is 17.0. The molecular weight excluding hydrogens is 418 g/mol. The Morgan fingerprint density at radius 2 is 2.00 bits per heavy atom. The largest absolute Gasteiger partial charge is 0.490 e. The lowest BCUT2D eigenvalue weighted by atomic mass is 10.1. The van der Waals surface area contributed by atoms with E-state index in [1.165, 1.54) is 6.08 Å². The van der Waals surface area contributed by atoms with Gasteiger partial charge in [0.05, 0.1) is 5.02 Å². The van der Waals surface area contributed by atoms with Gasteiger partial charge in [0.15, 0.2) is 5.82 Å². The van der Waals surface area contributed by atoms with Crippen molar-refractivity contribution in [3.63, 3.8) is 0 Å². The molecule has 7 nitrogen and oxygen atoms in total. The van der Waals surface area contributed by atoms with Gasteiger partial charge >= 0.3 is 0 Å². The van der Waals surface area contributed by atoms with Gasteiger partial charge in [-0.15, -0.1) is 0 Å². The fourth-order valence-electron chi connectivity index (χ4n) is 2.66. The molecule has 0 saturated heterocycles. The zero-order chi connectivity index (χ0) is 22.2. The van der Waals surface area contributed by atoms with Gasteiger partial charge in [0, 0.05) is 6.07 Å². The van der Waals surface area contributed by atoms with Crippen LogP contribution in [0.25, 0.3) is 6.08 Å². The molecule has 3 rings (SSSR count). The fraction of sp³-hybridized carbons (Fsp3) is 0.174. The van der Waals surface area contributed by atoms with E-state index in [0.29, 0.717) is 35.3 Å². The predicted molar refractivity (Wildman–Crippen MR) is 117 cm³/mol. The minimum absolute atomic E-state index is 0.100. The summed E-state index contributed by atoms with van der Waals surface area (Å²) in [5, 5.41) is 15.9. The van der Waals surface area contributed by atoms with Crippen molar-refractivity contribution in [2.45, 2.75) is 13.8 Å².